The van der Waals surface area contributed by atoms with Crippen molar-refractivity contribution in [1.82, 2.24) is 35.0 Å². The maximum absolute atomic E-state index is 14.4. The molecule has 0 aliphatic heterocycles. The molecule has 9 heteroatoms. The molecule has 5 rings (SSSR count). The number of halogens is 1. The number of aromatic nitrogens is 7. The molecule has 0 spiro atoms. The van der Waals surface area contributed by atoms with Crippen molar-refractivity contribution in [2.45, 2.75) is 51.0 Å². The van der Waals surface area contributed by atoms with Crippen LogP contribution in [0.15, 0.2) is 36.7 Å². The first-order valence-corrected chi connectivity index (χ1v) is 10.1. The lowest BCUT2D eigenvalue weighted by Gasteiger charge is -2.26. The van der Waals surface area contributed by atoms with Crippen LogP contribution in [0.4, 0.5) is 4.39 Å². The van der Waals surface area contributed by atoms with Crippen molar-refractivity contribution in [2.75, 3.05) is 0 Å². The normalized spacial score (nSPS) is 16.8. The second kappa shape index (κ2) is 7.16. The number of H-pyrrole nitrogens is 1. The third-order valence-corrected chi connectivity index (χ3v) is 5.94. The summed E-state index contributed by atoms with van der Waals surface area (Å²) < 4.78 is 22.2. The summed E-state index contributed by atoms with van der Waals surface area (Å²) >= 11 is 0. The van der Waals surface area contributed by atoms with Crippen LogP contribution in [0.5, 0.6) is 5.88 Å². The molecule has 1 aliphatic rings. The Morgan fingerprint density at radius 1 is 1.20 bits per heavy atom. The van der Waals surface area contributed by atoms with Crippen LogP contribution in [-0.2, 0) is 5.41 Å². The first-order valence-electron chi connectivity index (χ1n) is 10.1. The molecule has 1 N–H and O–H groups in total. The van der Waals surface area contributed by atoms with Crippen LogP contribution in [-0.4, -0.2) is 35.0 Å². The summed E-state index contributed by atoms with van der Waals surface area (Å²) in [5.41, 5.74) is 1.84. The van der Waals surface area contributed by atoms with Crippen molar-refractivity contribution in [3.05, 3.63) is 53.9 Å². The SMILES string of the molecule is CC(Oc1nn2c(-c3ccccc3F)nnc2cc1C1(C)CCCC1)c1ncn[nH]1. The summed E-state index contributed by atoms with van der Waals surface area (Å²) in [7, 11) is 0. The van der Waals surface area contributed by atoms with Gasteiger partial charge in [0.1, 0.15) is 12.1 Å². The van der Waals surface area contributed by atoms with Crippen LogP contribution in [0.25, 0.3) is 17.0 Å². The van der Waals surface area contributed by atoms with Gasteiger partial charge in [-0.25, -0.2) is 9.37 Å². The molecule has 8 nitrogen and oxygen atoms in total. The van der Waals surface area contributed by atoms with E-state index in [0.29, 0.717) is 28.7 Å². The molecule has 3 aromatic heterocycles. The van der Waals surface area contributed by atoms with E-state index in [9.17, 15) is 4.39 Å². The zero-order chi connectivity index (χ0) is 20.7. The Balaban J connectivity index is 1.66. The predicted octanol–water partition coefficient (Wildman–Crippen LogP) is 4.02. The highest BCUT2D eigenvalue weighted by Crippen LogP contribution is 2.44. The Morgan fingerprint density at radius 3 is 2.73 bits per heavy atom. The van der Waals surface area contributed by atoms with Crippen LogP contribution in [0.2, 0.25) is 0 Å². The van der Waals surface area contributed by atoms with Gasteiger partial charge in [0.05, 0.1) is 5.56 Å². The third kappa shape index (κ3) is 3.10. The van der Waals surface area contributed by atoms with Crippen molar-refractivity contribution >= 4 is 5.65 Å². The Bertz CT molecular complexity index is 1180. The Hall–Kier alpha value is -3.36. The minimum absolute atomic E-state index is 0.0602. The van der Waals surface area contributed by atoms with Crippen LogP contribution in [0.1, 0.15) is 57.0 Å². The second-order valence-electron chi connectivity index (χ2n) is 8.04. The fourth-order valence-corrected chi connectivity index (χ4v) is 4.20. The number of rotatable bonds is 5. The van der Waals surface area contributed by atoms with Crippen molar-refractivity contribution in [2.24, 2.45) is 0 Å². The third-order valence-electron chi connectivity index (χ3n) is 5.94. The van der Waals surface area contributed by atoms with Gasteiger partial charge in [-0.2, -0.15) is 9.61 Å². The number of hydrogen-bond acceptors (Lipinski definition) is 6. The highest BCUT2D eigenvalue weighted by molar-refractivity contribution is 5.60. The number of ether oxygens (including phenoxy) is 1. The maximum Gasteiger partial charge on any atom is 0.236 e. The van der Waals surface area contributed by atoms with Gasteiger partial charge in [0.25, 0.3) is 0 Å². The average molecular weight is 407 g/mol. The highest BCUT2D eigenvalue weighted by Gasteiger charge is 2.35. The van der Waals surface area contributed by atoms with Gasteiger partial charge < -0.3 is 4.74 Å². The average Bonchev–Trinajstić information content (AvgIpc) is 3.49. The standard InChI is InChI=1S/C21H22FN7O/c1-13(18-23-12-24-26-18)30-20-15(21(2)9-5-6-10-21)11-17-25-27-19(29(17)28-20)14-7-3-4-8-16(14)22/h3-4,7-8,11-13H,5-6,9-10H2,1-2H3,(H,23,24,26). The topological polar surface area (TPSA) is 93.9 Å². The Labute approximate surface area is 172 Å². The van der Waals surface area contributed by atoms with Crippen molar-refractivity contribution in [3.8, 4) is 17.3 Å². The smallest absolute Gasteiger partial charge is 0.236 e. The second-order valence-corrected chi connectivity index (χ2v) is 8.04. The number of aromatic amines is 1. The fourth-order valence-electron chi connectivity index (χ4n) is 4.20. The molecule has 3 heterocycles. The molecule has 30 heavy (non-hydrogen) atoms. The number of hydrogen-bond donors (Lipinski definition) is 1. The number of nitrogens with one attached hydrogen (secondary N) is 1. The van der Waals surface area contributed by atoms with Crippen molar-refractivity contribution in [3.63, 3.8) is 0 Å². The number of fused-ring (bicyclic) bond motifs is 1. The van der Waals surface area contributed by atoms with E-state index in [1.807, 2.05) is 13.0 Å². The number of nitrogens with zero attached hydrogens (tertiary/aromatic N) is 6. The lowest BCUT2D eigenvalue weighted by molar-refractivity contribution is 0.198. The summed E-state index contributed by atoms with van der Waals surface area (Å²) in [5.74, 6) is 1.05. The lowest BCUT2D eigenvalue weighted by atomic mass is 9.81. The van der Waals surface area contributed by atoms with E-state index in [1.165, 1.54) is 12.4 Å². The lowest BCUT2D eigenvalue weighted by Crippen LogP contribution is -2.21. The predicted molar refractivity (Wildman–Crippen MR) is 107 cm³/mol. The molecule has 154 valence electrons. The highest BCUT2D eigenvalue weighted by atomic mass is 19.1. The largest absolute Gasteiger partial charge is 0.465 e. The molecule has 0 saturated heterocycles. The monoisotopic (exact) mass is 407 g/mol. The number of benzene rings is 1. The Morgan fingerprint density at radius 2 is 2.00 bits per heavy atom. The molecule has 0 radical (unpaired) electrons. The van der Waals surface area contributed by atoms with E-state index in [1.54, 1.807) is 22.7 Å². The molecule has 0 amide bonds. The quantitative estimate of drug-likeness (QED) is 0.537. The molecule has 1 aromatic carbocycles. The van der Waals surface area contributed by atoms with Gasteiger partial charge in [0.15, 0.2) is 23.4 Å². The van der Waals surface area contributed by atoms with Gasteiger partial charge in [-0.1, -0.05) is 31.9 Å². The van der Waals surface area contributed by atoms with E-state index in [4.69, 9.17) is 9.84 Å². The first-order chi connectivity index (χ1) is 14.5. The van der Waals surface area contributed by atoms with Crippen LogP contribution in [0.3, 0.4) is 0 Å². The maximum atomic E-state index is 14.4. The zero-order valence-corrected chi connectivity index (χ0v) is 16.8. The fraction of sp³-hybridized carbons (Fsp3) is 0.381. The summed E-state index contributed by atoms with van der Waals surface area (Å²) in [5, 5.41) is 20.0. The summed E-state index contributed by atoms with van der Waals surface area (Å²) in [4.78, 5) is 4.19. The van der Waals surface area contributed by atoms with Gasteiger partial charge in [-0.15, -0.1) is 15.3 Å². The first kappa shape index (κ1) is 18.7. The molecule has 4 aromatic rings. The van der Waals surface area contributed by atoms with Gasteiger partial charge in [0.2, 0.25) is 5.88 Å². The molecule has 1 saturated carbocycles. The Kier molecular flexibility index (Phi) is 4.45. The van der Waals surface area contributed by atoms with Gasteiger partial charge in [-0.3, -0.25) is 5.10 Å². The van der Waals surface area contributed by atoms with E-state index in [0.717, 1.165) is 31.2 Å². The van der Waals surface area contributed by atoms with Gasteiger partial charge in [0, 0.05) is 5.56 Å². The summed E-state index contributed by atoms with van der Waals surface area (Å²) in [6.07, 6.45) is 5.48. The van der Waals surface area contributed by atoms with E-state index in [2.05, 4.69) is 32.3 Å². The zero-order valence-electron chi connectivity index (χ0n) is 16.8. The van der Waals surface area contributed by atoms with Crippen LogP contribution in [0, 0.1) is 5.82 Å². The molecular formula is C21H22FN7O. The van der Waals surface area contributed by atoms with E-state index < -0.39 is 0 Å². The van der Waals surface area contributed by atoms with Crippen molar-refractivity contribution < 1.29 is 9.13 Å². The summed E-state index contributed by atoms with van der Waals surface area (Å²) in [6.45, 7) is 4.12. The molecular weight excluding hydrogens is 385 g/mol. The van der Waals surface area contributed by atoms with E-state index in [-0.39, 0.29) is 17.3 Å². The minimum atomic E-state index is -0.380. The van der Waals surface area contributed by atoms with Gasteiger partial charge >= 0.3 is 0 Å². The molecule has 1 atom stereocenters. The van der Waals surface area contributed by atoms with Gasteiger partial charge in [-0.05, 0) is 43.4 Å². The summed E-state index contributed by atoms with van der Waals surface area (Å²) in [6, 6.07) is 8.43. The molecule has 0 bridgehead atoms. The van der Waals surface area contributed by atoms with Crippen LogP contribution < -0.4 is 4.74 Å². The minimum Gasteiger partial charge on any atom is -0.465 e. The molecule has 1 aliphatic carbocycles. The van der Waals surface area contributed by atoms with Crippen LogP contribution >= 0.6 is 0 Å². The van der Waals surface area contributed by atoms with E-state index >= 15 is 0 Å². The molecule has 1 fully saturated rings. The molecule has 1 unspecified atom stereocenters. The van der Waals surface area contributed by atoms with Crippen molar-refractivity contribution in [1.29, 1.82) is 0 Å².